The van der Waals surface area contributed by atoms with Gasteiger partial charge in [0.15, 0.2) is 0 Å². The van der Waals surface area contributed by atoms with E-state index in [1.54, 1.807) is 6.08 Å². The van der Waals surface area contributed by atoms with Gasteiger partial charge in [-0.25, -0.2) is 0 Å². The monoisotopic (exact) mass is 972 g/mol. The predicted octanol–water partition coefficient (Wildman–Crippen LogP) is 19.4. The molecule has 0 aromatic rings. The first-order valence-corrected chi connectivity index (χ1v) is 31.1. The summed E-state index contributed by atoms with van der Waals surface area (Å²) in [5, 5.41) is 23.1. The maximum absolute atomic E-state index is 12.5. The van der Waals surface area contributed by atoms with Gasteiger partial charge in [0.2, 0.25) is 5.91 Å². The van der Waals surface area contributed by atoms with Crippen molar-refractivity contribution >= 4 is 11.9 Å². The fourth-order valence-electron chi connectivity index (χ4n) is 9.69. The first-order chi connectivity index (χ1) is 34.0. The number of ether oxygens (including phenoxy) is 1. The second kappa shape index (κ2) is 58.9. The van der Waals surface area contributed by atoms with Crippen molar-refractivity contribution in [2.24, 2.45) is 0 Å². The van der Waals surface area contributed by atoms with Gasteiger partial charge in [0.25, 0.3) is 0 Å². The van der Waals surface area contributed by atoms with Gasteiger partial charge in [0.05, 0.1) is 25.4 Å². The minimum absolute atomic E-state index is 0.00705. The maximum atomic E-state index is 12.5. The molecular weight excluding hydrogens is 851 g/mol. The predicted molar refractivity (Wildman–Crippen MR) is 301 cm³/mol. The van der Waals surface area contributed by atoms with E-state index in [4.69, 9.17) is 4.74 Å². The summed E-state index contributed by atoms with van der Waals surface area (Å²) < 4.78 is 5.49. The van der Waals surface area contributed by atoms with Gasteiger partial charge in [-0.2, -0.15) is 0 Å². The van der Waals surface area contributed by atoms with Gasteiger partial charge in [0, 0.05) is 12.8 Å². The third kappa shape index (κ3) is 55.5. The smallest absolute Gasteiger partial charge is 0.305 e. The van der Waals surface area contributed by atoms with E-state index in [0.29, 0.717) is 19.4 Å². The first kappa shape index (κ1) is 67.3. The standard InChI is InChI=1S/C63H121NO5/c1-3-5-7-9-11-13-15-17-19-24-27-31-35-39-43-47-51-55-61(66)60(59-65)64-62(67)56-52-48-44-40-36-32-28-25-22-21-23-26-30-34-38-42-46-50-54-58-69-63(68)57-53-49-45-41-37-33-29-20-18-16-14-12-10-8-6-4-2/h21-22,51,55,60-61,65-66H,3-20,23-50,52-54,56-59H2,1-2H3,(H,64,67)/b22-21-,55-51+. The van der Waals surface area contributed by atoms with Crippen molar-refractivity contribution in [2.45, 2.75) is 353 Å². The summed E-state index contributed by atoms with van der Waals surface area (Å²) in [5.41, 5.74) is 0. The molecule has 0 saturated heterocycles. The van der Waals surface area contributed by atoms with Crippen molar-refractivity contribution in [1.29, 1.82) is 0 Å². The average Bonchev–Trinajstić information content (AvgIpc) is 3.35. The lowest BCUT2D eigenvalue weighted by Gasteiger charge is -2.20. The summed E-state index contributed by atoms with van der Waals surface area (Å²) in [6.07, 6.45) is 72.1. The Morgan fingerprint density at radius 1 is 0.391 bits per heavy atom. The summed E-state index contributed by atoms with van der Waals surface area (Å²) in [6.45, 7) is 4.92. The summed E-state index contributed by atoms with van der Waals surface area (Å²) >= 11 is 0. The SMILES string of the molecule is CCCCCCCCCCCCCCCCC/C=C/C(O)C(CO)NC(=O)CCCCCCCCC/C=C\CCCCCCCCCCOC(=O)CCCCCCCCCCCCCCCCCC. The van der Waals surface area contributed by atoms with E-state index in [1.807, 2.05) is 6.08 Å². The molecule has 0 fully saturated rings. The zero-order valence-electron chi connectivity index (χ0n) is 46.6. The molecule has 408 valence electrons. The zero-order chi connectivity index (χ0) is 50.0. The molecular formula is C63H121NO5. The van der Waals surface area contributed by atoms with Crippen LogP contribution in [-0.4, -0.2) is 47.4 Å². The lowest BCUT2D eigenvalue weighted by atomic mass is 10.0. The molecule has 0 aromatic heterocycles. The van der Waals surface area contributed by atoms with E-state index in [1.165, 1.54) is 270 Å². The summed E-state index contributed by atoms with van der Waals surface area (Å²) in [5.74, 6) is -0.0683. The van der Waals surface area contributed by atoms with Crippen molar-refractivity contribution in [1.82, 2.24) is 5.32 Å². The van der Waals surface area contributed by atoms with Crippen molar-refractivity contribution in [3.8, 4) is 0 Å². The summed E-state index contributed by atoms with van der Waals surface area (Å²) in [6, 6.07) is -0.635. The normalized spacial score (nSPS) is 12.7. The molecule has 0 aliphatic rings. The molecule has 3 N–H and O–H groups in total. The number of carbonyl (C=O) groups is 2. The van der Waals surface area contributed by atoms with Gasteiger partial charge in [-0.15, -0.1) is 0 Å². The Kier molecular flexibility index (Phi) is 57.5. The van der Waals surface area contributed by atoms with Crippen LogP contribution in [0.2, 0.25) is 0 Å². The first-order valence-electron chi connectivity index (χ1n) is 31.1. The van der Waals surface area contributed by atoms with E-state index in [0.717, 1.165) is 44.9 Å². The van der Waals surface area contributed by atoms with E-state index in [-0.39, 0.29) is 18.5 Å². The van der Waals surface area contributed by atoms with E-state index >= 15 is 0 Å². The van der Waals surface area contributed by atoms with Crippen LogP contribution in [0.1, 0.15) is 341 Å². The number of hydrogen-bond acceptors (Lipinski definition) is 5. The van der Waals surface area contributed by atoms with Gasteiger partial charge < -0.3 is 20.3 Å². The van der Waals surface area contributed by atoms with E-state index in [2.05, 4.69) is 31.3 Å². The summed E-state index contributed by atoms with van der Waals surface area (Å²) in [4.78, 5) is 24.5. The number of allylic oxidation sites excluding steroid dienone is 3. The number of unbranched alkanes of at least 4 members (excludes halogenated alkanes) is 45. The number of amides is 1. The molecule has 2 atom stereocenters. The largest absolute Gasteiger partial charge is 0.466 e. The van der Waals surface area contributed by atoms with Crippen LogP contribution in [0.3, 0.4) is 0 Å². The minimum Gasteiger partial charge on any atom is -0.466 e. The Labute approximate surface area is 431 Å². The molecule has 0 bridgehead atoms. The molecule has 69 heavy (non-hydrogen) atoms. The van der Waals surface area contributed by atoms with Crippen LogP contribution < -0.4 is 5.32 Å². The number of hydrogen-bond donors (Lipinski definition) is 3. The molecule has 2 unspecified atom stereocenters. The number of aliphatic hydroxyl groups excluding tert-OH is 2. The van der Waals surface area contributed by atoms with Crippen LogP contribution in [0, 0.1) is 0 Å². The van der Waals surface area contributed by atoms with Crippen molar-refractivity contribution in [3.05, 3.63) is 24.3 Å². The topological polar surface area (TPSA) is 95.9 Å². The summed E-state index contributed by atoms with van der Waals surface area (Å²) in [7, 11) is 0. The van der Waals surface area contributed by atoms with E-state index < -0.39 is 12.1 Å². The molecule has 0 saturated carbocycles. The van der Waals surface area contributed by atoms with Crippen LogP contribution in [0.25, 0.3) is 0 Å². The van der Waals surface area contributed by atoms with Crippen LogP contribution in [-0.2, 0) is 14.3 Å². The number of nitrogens with one attached hydrogen (secondary N) is 1. The molecule has 0 aliphatic carbocycles. The fraction of sp³-hybridized carbons (Fsp3) is 0.905. The Morgan fingerprint density at radius 3 is 1.03 bits per heavy atom. The highest BCUT2D eigenvalue weighted by molar-refractivity contribution is 5.76. The molecule has 0 rings (SSSR count). The van der Waals surface area contributed by atoms with Crippen molar-refractivity contribution < 1.29 is 24.5 Å². The van der Waals surface area contributed by atoms with Gasteiger partial charge in [-0.1, -0.05) is 295 Å². The molecule has 1 amide bonds. The highest BCUT2D eigenvalue weighted by atomic mass is 16.5. The van der Waals surface area contributed by atoms with Crippen LogP contribution in [0.15, 0.2) is 24.3 Å². The van der Waals surface area contributed by atoms with Gasteiger partial charge in [0.1, 0.15) is 0 Å². The zero-order valence-corrected chi connectivity index (χ0v) is 46.6. The van der Waals surface area contributed by atoms with Gasteiger partial charge >= 0.3 is 5.97 Å². The second-order valence-electron chi connectivity index (χ2n) is 21.4. The van der Waals surface area contributed by atoms with Crippen LogP contribution in [0.5, 0.6) is 0 Å². The second-order valence-corrected chi connectivity index (χ2v) is 21.4. The lowest BCUT2D eigenvalue weighted by Crippen LogP contribution is -2.45. The minimum atomic E-state index is -0.850. The van der Waals surface area contributed by atoms with Crippen molar-refractivity contribution in [3.63, 3.8) is 0 Å². The van der Waals surface area contributed by atoms with Gasteiger partial charge in [-0.3, -0.25) is 9.59 Å². The Hall–Kier alpha value is -1.66. The maximum Gasteiger partial charge on any atom is 0.305 e. The third-order valence-electron chi connectivity index (χ3n) is 14.5. The Balaban J connectivity index is 3.45. The fourth-order valence-corrected chi connectivity index (χ4v) is 9.69. The Bertz CT molecular complexity index is 1080. The Morgan fingerprint density at radius 2 is 0.681 bits per heavy atom. The van der Waals surface area contributed by atoms with Gasteiger partial charge in [-0.05, 0) is 57.8 Å². The van der Waals surface area contributed by atoms with Crippen molar-refractivity contribution in [2.75, 3.05) is 13.2 Å². The molecule has 6 nitrogen and oxygen atoms in total. The molecule has 0 aliphatic heterocycles. The number of rotatable bonds is 58. The molecule has 0 heterocycles. The third-order valence-corrected chi connectivity index (χ3v) is 14.5. The van der Waals surface area contributed by atoms with Crippen LogP contribution >= 0.6 is 0 Å². The number of esters is 1. The molecule has 0 radical (unpaired) electrons. The quantitative estimate of drug-likeness (QED) is 0.0321. The number of aliphatic hydroxyl groups is 2. The lowest BCUT2D eigenvalue weighted by molar-refractivity contribution is -0.143. The number of carbonyl (C=O) groups excluding carboxylic acids is 2. The average molecular weight is 973 g/mol. The van der Waals surface area contributed by atoms with E-state index in [9.17, 15) is 19.8 Å². The van der Waals surface area contributed by atoms with Crippen LogP contribution in [0.4, 0.5) is 0 Å². The molecule has 6 heteroatoms. The molecule has 0 spiro atoms. The molecule has 0 aromatic carbocycles. The highest BCUT2D eigenvalue weighted by Gasteiger charge is 2.18. The highest BCUT2D eigenvalue weighted by Crippen LogP contribution is 2.17.